The number of hydrogen-bond acceptors (Lipinski definition) is 5. The first-order valence-corrected chi connectivity index (χ1v) is 12.9. The predicted octanol–water partition coefficient (Wildman–Crippen LogP) is 3.34. The van der Waals surface area contributed by atoms with Crippen LogP contribution in [0.1, 0.15) is 39.9 Å². The molecule has 2 aromatic carbocycles. The second kappa shape index (κ2) is 10.5. The molecule has 0 unspecified atom stereocenters. The Morgan fingerprint density at radius 3 is 2.21 bits per heavy atom. The molecule has 8 heteroatoms. The minimum atomic E-state index is -3.48. The van der Waals surface area contributed by atoms with Gasteiger partial charge in [-0.15, -0.1) is 0 Å². The number of aryl methyl sites for hydroxylation is 2. The number of carbonyl (C=O) groups is 2. The van der Waals surface area contributed by atoms with E-state index < -0.39 is 10.0 Å². The topological polar surface area (TPSA) is 84.0 Å². The van der Waals surface area contributed by atoms with Gasteiger partial charge in [0.15, 0.2) is 5.78 Å². The van der Waals surface area contributed by atoms with E-state index in [0.29, 0.717) is 37.2 Å². The van der Waals surface area contributed by atoms with Crippen LogP contribution in [-0.2, 0) is 26.1 Å². The number of nitrogens with zero attached hydrogens (tertiary/aromatic N) is 2. The zero-order chi connectivity index (χ0) is 24.2. The maximum Gasteiger partial charge on any atom is 0.253 e. The Hall–Kier alpha value is -2.71. The average molecular weight is 473 g/mol. The molecule has 2 aromatic rings. The van der Waals surface area contributed by atoms with Crippen molar-refractivity contribution in [2.24, 2.45) is 5.92 Å². The smallest absolute Gasteiger partial charge is 0.253 e. The number of anilines is 1. The minimum Gasteiger partial charge on any atom is -0.377 e. The van der Waals surface area contributed by atoms with E-state index in [9.17, 15) is 18.0 Å². The Labute approximate surface area is 196 Å². The summed E-state index contributed by atoms with van der Waals surface area (Å²) in [6.07, 6.45) is 2.48. The molecule has 33 heavy (non-hydrogen) atoms. The van der Waals surface area contributed by atoms with Crippen LogP contribution in [0.5, 0.6) is 0 Å². The van der Waals surface area contributed by atoms with Crippen molar-refractivity contribution in [2.75, 3.05) is 37.4 Å². The van der Waals surface area contributed by atoms with E-state index in [1.165, 1.54) is 17.7 Å². The zero-order valence-electron chi connectivity index (χ0n) is 19.7. The summed E-state index contributed by atoms with van der Waals surface area (Å²) in [6.45, 7) is 5.32. The number of hydrogen-bond donors (Lipinski definition) is 0. The van der Waals surface area contributed by atoms with Crippen LogP contribution < -0.4 is 4.31 Å². The van der Waals surface area contributed by atoms with Crippen LogP contribution in [0.2, 0.25) is 0 Å². The fraction of sp³-hybridized carbons (Fsp3) is 0.440. The zero-order valence-corrected chi connectivity index (χ0v) is 20.5. The predicted molar refractivity (Wildman–Crippen MR) is 129 cm³/mol. The van der Waals surface area contributed by atoms with Crippen molar-refractivity contribution in [1.29, 1.82) is 0 Å². The van der Waals surface area contributed by atoms with Crippen LogP contribution in [0, 0.1) is 19.8 Å². The molecular weight excluding hydrogens is 440 g/mol. The van der Waals surface area contributed by atoms with Crippen LogP contribution in [0.3, 0.4) is 0 Å². The lowest BCUT2D eigenvalue weighted by Gasteiger charge is -2.31. The molecule has 178 valence electrons. The summed E-state index contributed by atoms with van der Waals surface area (Å²) < 4.78 is 31.2. The number of likely N-dealkylation sites (tertiary alicyclic amines) is 1. The van der Waals surface area contributed by atoms with E-state index in [2.05, 4.69) is 0 Å². The first-order chi connectivity index (χ1) is 15.6. The summed E-state index contributed by atoms with van der Waals surface area (Å²) in [6, 6.07) is 12.7. The Balaban J connectivity index is 1.68. The molecule has 0 atom stereocenters. The van der Waals surface area contributed by atoms with Gasteiger partial charge in [-0.25, -0.2) is 8.42 Å². The minimum absolute atomic E-state index is 0.0521. The van der Waals surface area contributed by atoms with Gasteiger partial charge in [-0.1, -0.05) is 18.2 Å². The highest BCUT2D eigenvalue weighted by Crippen LogP contribution is 2.24. The van der Waals surface area contributed by atoms with E-state index in [0.717, 1.165) is 16.7 Å². The molecule has 0 saturated carbocycles. The first-order valence-electron chi connectivity index (χ1n) is 11.0. The van der Waals surface area contributed by atoms with Gasteiger partial charge in [-0.3, -0.25) is 13.9 Å². The standard InChI is InChI=1S/C25H32N2O5S/c1-18-5-10-23(15-19(18)2)27(33(4,30)31)16-20-6-8-22(9-7-20)25(29)26-13-11-21(12-14-26)24(28)17-32-3/h5-10,15,21H,11-14,16-17H2,1-4H3. The second-order valence-corrected chi connectivity index (χ2v) is 10.6. The molecule has 1 aliphatic heterocycles. The molecule has 1 aliphatic rings. The van der Waals surface area contributed by atoms with Crippen molar-refractivity contribution in [3.63, 3.8) is 0 Å². The normalized spacial score (nSPS) is 14.8. The molecule has 3 rings (SSSR count). The summed E-state index contributed by atoms with van der Waals surface area (Å²) in [5.74, 6) is -0.0368. The summed E-state index contributed by atoms with van der Waals surface area (Å²) in [5, 5.41) is 0. The summed E-state index contributed by atoms with van der Waals surface area (Å²) >= 11 is 0. The third-order valence-electron chi connectivity index (χ3n) is 6.23. The molecule has 1 heterocycles. The maximum atomic E-state index is 12.9. The van der Waals surface area contributed by atoms with Crippen LogP contribution in [0.25, 0.3) is 0 Å². The summed E-state index contributed by atoms with van der Waals surface area (Å²) in [7, 11) is -1.97. The molecule has 1 fully saturated rings. The van der Waals surface area contributed by atoms with E-state index in [4.69, 9.17) is 4.74 Å². The second-order valence-electron chi connectivity index (χ2n) is 8.70. The lowest BCUT2D eigenvalue weighted by molar-refractivity contribution is -0.127. The van der Waals surface area contributed by atoms with Crippen molar-refractivity contribution >= 4 is 27.4 Å². The number of rotatable bonds is 8. The maximum absolute atomic E-state index is 12.9. The first kappa shape index (κ1) is 24.9. The number of carbonyl (C=O) groups excluding carboxylic acids is 2. The van der Waals surface area contributed by atoms with Crippen molar-refractivity contribution < 1.29 is 22.7 Å². The van der Waals surface area contributed by atoms with Gasteiger partial charge < -0.3 is 9.64 Å². The number of methoxy groups -OCH3 is 1. The highest BCUT2D eigenvalue weighted by Gasteiger charge is 2.27. The highest BCUT2D eigenvalue weighted by molar-refractivity contribution is 7.92. The summed E-state index contributed by atoms with van der Waals surface area (Å²) in [5.41, 5.74) is 4.08. The molecule has 7 nitrogen and oxygen atoms in total. The number of ether oxygens (including phenoxy) is 1. The lowest BCUT2D eigenvalue weighted by Crippen LogP contribution is -2.40. The van der Waals surface area contributed by atoms with E-state index in [-0.39, 0.29) is 30.8 Å². The van der Waals surface area contributed by atoms with E-state index in [1.807, 2.05) is 32.0 Å². The Kier molecular flexibility index (Phi) is 7.92. The Morgan fingerprint density at radius 1 is 1.03 bits per heavy atom. The van der Waals surface area contributed by atoms with Gasteiger partial charge in [0.2, 0.25) is 10.0 Å². The van der Waals surface area contributed by atoms with E-state index >= 15 is 0 Å². The molecule has 0 bridgehead atoms. The number of piperidine rings is 1. The van der Waals surface area contributed by atoms with Crippen molar-refractivity contribution in [2.45, 2.75) is 33.2 Å². The fourth-order valence-electron chi connectivity index (χ4n) is 4.05. The van der Waals surface area contributed by atoms with Gasteiger partial charge in [0.1, 0.15) is 6.61 Å². The number of Topliss-reactive ketones (excluding diaryl/α,β-unsaturated/α-hetero) is 1. The average Bonchev–Trinajstić information content (AvgIpc) is 2.79. The number of amides is 1. The monoisotopic (exact) mass is 472 g/mol. The molecule has 0 aromatic heterocycles. The van der Waals surface area contributed by atoms with Crippen molar-refractivity contribution in [3.05, 3.63) is 64.7 Å². The summed E-state index contributed by atoms with van der Waals surface area (Å²) in [4.78, 5) is 26.7. The van der Waals surface area contributed by atoms with Gasteiger partial charge >= 0.3 is 0 Å². The van der Waals surface area contributed by atoms with Crippen molar-refractivity contribution in [1.82, 2.24) is 4.90 Å². The third kappa shape index (κ3) is 6.21. The lowest BCUT2D eigenvalue weighted by atomic mass is 9.92. The molecule has 1 amide bonds. The molecule has 0 aliphatic carbocycles. The number of benzene rings is 2. The largest absolute Gasteiger partial charge is 0.377 e. The number of ketones is 1. The molecule has 1 saturated heterocycles. The molecular formula is C25H32N2O5S. The quantitative estimate of drug-likeness (QED) is 0.588. The highest BCUT2D eigenvalue weighted by atomic mass is 32.2. The van der Waals surface area contributed by atoms with Crippen LogP contribution in [-0.4, -0.2) is 58.1 Å². The van der Waals surface area contributed by atoms with Gasteiger partial charge in [-0.05, 0) is 67.6 Å². The van der Waals surface area contributed by atoms with Crippen molar-refractivity contribution in [3.8, 4) is 0 Å². The van der Waals surface area contributed by atoms with Gasteiger partial charge in [0.25, 0.3) is 5.91 Å². The van der Waals surface area contributed by atoms with E-state index in [1.54, 1.807) is 29.2 Å². The van der Waals surface area contributed by atoms with Crippen LogP contribution in [0.15, 0.2) is 42.5 Å². The molecule has 0 radical (unpaired) electrons. The van der Waals surface area contributed by atoms with Gasteiger partial charge in [0, 0.05) is 31.7 Å². The Bertz CT molecular complexity index is 1100. The van der Waals surface area contributed by atoms with Gasteiger partial charge in [-0.2, -0.15) is 0 Å². The molecule has 0 spiro atoms. The number of sulfonamides is 1. The Morgan fingerprint density at radius 2 is 1.67 bits per heavy atom. The fourth-order valence-corrected chi connectivity index (χ4v) is 4.93. The molecule has 0 N–H and O–H groups in total. The van der Waals surface area contributed by atoms with Crippen LogP contribution >= 0.6 is 0 Å². The SMILES string of the molecule is COCC(=O)C1CCN(C(=O)c2ccc(CN(c3ccc(C)c(C)c3)S(C)(=O)=O)cc2)CC1. The van der Waals surface area contributed by atoms with Gasteiger partial charge in [0.05, 0.1) is 18.5 Å². The van der Waals surface area contributed by atoms with Crippen LogP contribution in [0.4, 0.5) is 5.69 Å². The third-order valence-corrected chi connectivity index (χ3v) is 7.37.